The number of carbonyl (C=O) groups excluding carboxylic acids is 1. The lowest BCUT2D eigenvalue weighted by molar-refractivity contribution is -0.123. The Morgan fingerprint density at radius 3 is 2.37 bits per heavy atom. The van der Waals surface area contributed by atoms with E-state index in [-0.39, 0.29) is 17.9 Å². The summed E-state index contributed by atoms with van der Waals surface area (Å²) in [6, 6.07) is 0. The summed E-state index contributed by atoms with van der Waals surface area (Å²) in [6.07, 6.45) is 5.29. The summed E-state index contributed by atoms with van der Waals surface area (Å²) in [5.41, 5.74) is 0.176. The molecule has 0 heterocycles. The maximum atomic E-state index is 12.0. The van der Waals surface area contributed by atoms with E-state index in [0.29, 0.717) is 24.2 Å². The van der Waals surface area contributed by atoms with Crippen LogP contribution in [0, 0.1) is 23.2 Å². The third kappa shape index (κ3) is 5.52. The Morgan fingerprint density at radius 2 is 1.84 bits per heavy atom. The summed E-state index contributed by atoms with van der Waals surface area (Å²) in [5.74, 6) is 1.39. The highest BCUT2D eigenvalue weighted by atomic mass is 16.3. The normalized spacial score (nSPS) is 25.9. The van der Waals surface area contributed by atoms with Gasteiger partial charge in [0.25, 0.3) is 0 Å². The van der Waals surface area contributed by atoms with Crippen LogP contribution >= 0.6 is 0 Å². The van der Waals surface area contributed by atoms with Crippen LogP contribution in [-0.2, 0) is 4.79 Å². The fourth-order valence-electron chi connectivity index (χ4n) is 2.69. The summed E-state index contributed by atoms with van der Waals surface area (Å²) >= 11 is 0. The zero-order valence-corrected chi connectivity index (χ0v) is 13.0. The van der Waals surface area contributed by atoms with Crippen molar-refractivity contribution in [3.63, 3.8) is 0 Å². The van der Waals surface area contributed by atoms with Crippen molar-refractivity contribution in [2.45, 2.75) is 59.8 Å². The highest BCUT2D eigenvalue weighted by Gasteiger charge is 2.26. The minimum absolute atomic E-state index is 0.157. The molecule has 0 spiro atoms. The van der Waals surface area contributed by atoms with Gasteiger partial charge in [0, 0.05) is 19.6 Å². The first-order valence-electron chi connectivity index (χ1n) is 7.72. The fourth-order valence-corrected chi connectivity index (χ4v) is 2.69. The summed E-state index contributed by atoms with van der Waals surface area (Å²) in [6.45, 7) is 9.66. The van der Waals surface area contributed by atoms with Gasteiger partial charge in [-0.1, -0.05) is 40.5 Å². The summed E-state index contributed by atoms with van der Waals surface area (Å²) in [7, 11) is 0. The molecule has 3 atom stereocenters. The summed E-state index contributed by atoms with van der Waals surface area (Å²) in [4.78, 5) is 12.0. The molecule has 3 unspecified atom stereocenters. The molecule has 1 saturated carbocycles. The molecule has 0 saturated heterocycles. The lowest BCUT2D eigenvalue weighted by atomic mass is 9.79. The van der Waals surface area contributed by atoms with Crippen LogP contribution in [0.2, 0.25) is 0 Å². The average molecular weight is 269 g/mol. The Morgan fingerprint density at radius 1 is 1.26 bits per heavy atom. The summed E-state index contributed by atoms with van der Waals surface area (Å²) < 4.78 is 0. The number of aliphatic hydroxyl groups is 1. The quantitative estimate of drug-likeness (QED) is 0.806. The molecule has 0 aliphatic heterocycles. The lowest BCUT2D eigenvalue weighted by Crippen LogP contribution is -2.36. The molecule has 3 heteroatoms. The molecule has 0 bridgehead atoms. The third-order valence-corrected chi connectivity index (χ3v) is 4.83. The Kier molecular flexibility index (Phi) is 6.31. The van der Waals surface area contributed by atoms with E-state index in [2.05, 4.69) is 33.0 Å². The van der Waals surface area contributed by atoms with Crippen LogP contribution < -0.4 is 5.32 Å². The second-order valence-electron chi connectivity index (χ2n) is 7.26. The molecule has 1 rings (SSSR count). The molecule has 0 aromatic rings. The topological polar surface area (TPSA) is 49.3 Å². The number of hydrogen-bond donors (Lipinski definition) is 2. The first-order chi connectivity index (χ1) is 8.84. The van der Waals surface area contributed by atoms with Crippen LogP contribution in [0.15, 0.2) is 0 Å². The van der Waals surface area contributed by atoms with Crippen LogP contribution in [0.1, 0.15) is 59.8 Å². The van der Waals surface area contributed by atoms with Gasteiger partial charge in [-0.05, 0) is 36.0 Å². The van der Waals surface area contributed by atoms with Gasteiger partial charge in [0.2, 0.25) is 5.91 Å². The van der Waals surface area contributed by atoms with Crippen LogP contribution in [0.25, 0.3) is 0 Å². The number of amides is 1. The molecule has 3 nitrogen and oxygen atoms in total. The van der Waals surface area contributed by atoms with E-state index in [1.165, 1.54) is 12.8 Å². The van der Waals surface area contributed by atoms with Crippen LogP contribution in [-0.4, -0.2) is 24.2 Å². The van der Waals surface area contributed by atoms with Crippen molar-refractivity contribution in [2.75, 3.05) is 13.2 Å². The Hall–Kier alpha value is -0.570. The van der Waals surface area contributed by atoms with Crippen molar-refractivity contribution in [3.05, 3.63) is 0 Å². The van der Waals surface area contributed by atoms with E-state index < -0.39 is 0 Å². The second kappa shape index (κ2) is 7.28. The van der Waals surface area contributed by atoms with Gasteiger partial charge in [0.15, 0.2) is 0 Å². The zero-order valence-electron chi connectivity index (χ0n) is 13.0. The van der Waals surface area contributed by atoms with Gasteiger partial charge in [-0.2, -0.15) is 0 Å². The first-order valence-corrected chi connectivity index (χ1v) is 7.72. The van der Waals surface area contributed by atoms with Crippen molar-refractivity contribution in [1.82, 2.24) is 5.32 Å². The largest absolute Gasteiger partial charge is 0.396 e. The number of rotatable bonds is 5. The Balaban J connectivity index is 2.33. The highest BCUT2D eigenvalue weighted by Crippen LogP contribution is 2.30. The van der Waals surface area contributed by atoms with Crippen LogP contribution in [0.3, 0.4) is 0 Å². The molecule has 2 N–H and O–H groups in total. The molecule has 1 aliphatic rings. The minimum Gasteiger partial charge on any atom is -0.396 e. The minimum atomic E-state index is 0.157. The monoisotopic (exact) mass is 269 g/mol. The average Bonchev–Trinajstić information content (AvgIpc) is 2.35. The van der Waals surface area contributed by atoms with Gasteiger partial charge < -0.3 is 10.4 Å². The standard InChI is InChI=1S/C16H31NO2/c1-12(16(2,3)4)9-15(19)17-10-13-7-5-6-8-14(13)11-18/h12-14,18H,5-11H2,1-4H3,(H,17,19). The van der Waals surface area contributed by atoms with Gasteiger partial charge in [-0.15, -0.1) is 0 Å². The Labute approximate surface area is 118 Å². The van der Waals surface area contributed by atoms with E-state index in [0.717, 1.165) is 19.4 Å². The molecule has 1 aliphatic carbocycles. The SMILES string of the molecule is CC(CC(=O)NCC1CCCCC1CO)C(C)(C)C. The number of hydrogen-bond acceptors (Lipinski definition) is 2. The Bertz CT molecular complexity index is 283. The molecule has 1 amide bonds. The second-order valence-corrected chi connectivity index (χ2v) is 7.26. The molecule has 19 heavy (non-hydrogen) atoms. The van der Waals surface area contributed by atoms with E-state index in [4.69, 9.17) is 0 Å². The first kappa shape index (κ1) is 16.5. The molecule has 0 aromatic carbocycles. The van der Waals surface area contributed by atoms with Crippen molar-refractivity contribution in [2.24, 2.45) is 23.2 Å². The van der Waals surface area contributed by atoms with Gasteiger partial charge in [-0.3, -0.25) is 4.79 Å². The zero-order chi connectivity index (χ0) is 14.5. The van der Waals surface area contributed by atoms with Gasteiger partial charge >= 0.3 is 0 Å². The van der Waals surface area contributed by atoms with Crippen LogP contribution in [0.4, 0.5) is 0 Å². The smallest absolute Gasteiger partial charge is 0.220 e. The number of carbonyl (C=O) groups is 1. The fraction of sp³-hybridized carbons (Fsp3) is 0.938. The lowest BCUT2D eigenvalue weighted by Gasteiger charge is -2.31. The third-order valence-electron chi connectivity index (χ3n) is 4.83. The predicted molar refractivity (Wildman–Crippen MR) is 78.8 cm³/mol. The maximum absolute atomic E-state index is 12.0. The molecule has 0 radical (unpaired) electrons. The number of aliphatic hydroxyl groups excluding tert-OH is 1. The van der Waals surface area contributed by atoms with E-state index in [1.807, 2.05) is 0 Å². The van der Waals surface area contributed by atoms with E-state index in [9.17, 15) is 9.90 Å². The molecule has 0 aromatic heterocycles. The predicted octanol–water partition coefficient (Wildman–Crippen LogP) is 2.97. The molecule has 112 valence electrons. The number of nitrogens with one attached hydrogen (secondary N) is 1. The van der Waals surface area contributed by atoms with E-state index in [1.54, 1.807) is 0 Å². The van der Waals surface area contributed by atoms with Crippen molar-refractivity contribution in [3.8, 4) is 0 Å². The van der Waals surface area contributed by atoms with Crippen molar-refractivity contribution in [1.29, 1.82) is 0 Å². The van der Waals surface area contributed by atoms with Crippen molar-refractivity contribution >= 4 is 5.91 Å². The molecular weight excluding hydrogens is 238 g/mol. The van der Waals surface area contributed by atoms with E-state index >= 15 is 0 Å². The van der Waals surface area contributed by atoms with Gasteiger partial charge in [0.05, 0.1) is 0 Å². The maximum Gasteiger partial charge on any atom is 0.220 e. The van der Waals surface area contributed by atoms with Gasteiger partial charge in [-0.25, -0.2) is 0 Å². The highest BCUT2D eigenvalue weighted by molar-refractivity contribution is 5.76. The van der Waals surface area contributed by atoms with Crippen molar-refractivity contribution < 1.29 is 9.90 Å². The molecule has 1 fully saturated rings. The summed E-state index contributed by atoms with van der Waals surface area (Å²) in [5, 5.41) is 12.4. The van der Waals surface area contributed by atoms with Crippen LogP contribution in [0.5, 0.6) is 0 Å². The molecular formula is C16H31NO2. The van der Waals surface area contributed by atoms with Gasteiger partial charge in [0.1, 0.15) is 0 Å².